The molecule has 0 bridgehead atoms. The second kappa shape index (κ2) is 8.96. The first-order chi connectivity index (χ1) is 14.8. The predicted molar refractivity (Wildman–Crippen MR) is 121 cm³/mol. The Kier molecular flexibility index (Phi) is 6.29. The van der Waals surface area contributed by atoms with Crippen molar-refractivity contribution in [3.05, 3.63) is 45.3 Å². The van der Waals surface area contributed by atoms with Crippen molar-refractivity contribution in [2.24, 2.45) is 11.3 Å². The number of hydrogen-bond donors (Lipinski definition) is 2. The van der Waals surface area contributed by atoms with Crippen molar-refractivity contribution in [3.8, 4) is 0 Å². The molecule has 2 aromatic heterocycles. The summed E-state index contributed by atoms with van der Waals surface area (Å²) in [7, 11) is 0. The van der Waals surface area contributed by atoms with E-state index in [0.29, 0.717) is 48.5 Å². The lowest BCUT2D eigenvalue weighted by Gasteiger charge is -2.33. The van der Waals surface area contributed by atoms with Crippen molar-refractivity contribution in [2.45, 2.75) is 40.0 Å². The minimum atomic E-state index is -0.378. The zero-order valence-corrected chi connectivity index (χ0v) is 19.2. The van der Waals surface area contributed by atoms with E-state index >= 15 is 0 Å². The van der Waals surface area contributed by atoms with E-state index in [0.717, 1.165) is 19.3 Å². The van der Waals surface area contributed by atoms with Gasteiger partial charge in [-0.2, -0.15) is 0 Å². The molecule has 1 unspecified atom stereocenters. The van der Waals surface area contributed by atoms with Gasteiger partial charge in [0.25, 0.3) is 11.8 Å². The van der Waals surface area contributed by atoms with E-state index in [4.69, 9.17) is 4.74 Å². The minimum absolute atomic E-state index is 0.262. The molecule has 7 nitrogen and oxygen atoms in total. The van der Waals surface area contributed by atoms with Crippen molar-refractivity contribution in [1.29, 1.82) is 0 Å². The summed E-state index contributed by atoms with van der Waals surface area (Å²) >= 11 is 1.53. The number of anilines is 1. The highest BCUT2D eigenvalue weighted by atomic mass is 32.1. The van der Waals surface area contributed by atoms with Gasteiger partial charge in [-0.05, 0) is 54.4 Å². The molecule has 3 heterocycles. The third-order valence-corrected chi connectivity index (χ3v) is 7.40. The highest BCUT2D eigenvalue weighted by Crippen LogP contribution is 2.40. The fourth-order valence-corrected chi connectivity index (χ4v) is 5.32. The quantitative estimate of drug-likeness (QED) is 0.714. The number of hydrogen-bond acceptors (Lipinski definition) is 6. The number of carbonyl (C=O) groups is 2. The Labute approximate surface area is 187 Å². The number of nitrogens with one attached hydrogen (secondary N) is 2. The number of rotatable bonds is 3. The molecule has 1 aliphatic carbocycles. The number of nitrogens with zero attached hydrogens (tertiary/aromatic N) is 2. The number of thiophene rings is 1. The number of carbonyl (C=O) groups excluding carboxylic acids is 2. The van der Waals surface area contributed by atoms with Gasteiger partial charge < -0.3 is 9.64 Å². The van der Waals surface area contributed by atoms with Crippen LogP contribution in [0.2, 0.25) is 0 Å². The van der Waals surface area contributed by atoms with E-state index in [-0.39, 0.29) is 17.2 Å². The van der Waals surface area contributed by atoms with Crippen LogP contribution in [0.3, 0.4) is 0 Å². The van der Waals surface area contributed by atoms with Crippen LogP contribution in [0.25, 0.3) is 0 Å². The Bertz CT molecular complexity index is 960. The van der Waals surface area contributed by atoms with Crippen molar-refractivity contribution in [3.63, 3.8) is 0 Å². The second-order valence-corrected chi connectivity index (χ2v) is 10.4. The molecule has 1 aliphatic heterocycles. The van der Waals surface area contributed by atoms with Gasteiger partial charge in [0.05, 0.1) is 23.7 Å². The molecule has 4 rings (SSSR count). The van der Waals surface area contributed by atoms with E-state index in [1.165, 1.54) is 21.8 Å². The fourth-order valence-electron chi connectivity index (χ4n) is 4.22. The van der Waals surface area contributed by atoms with Gasteiger partial charge in [-0.3, -0.25) is 20.4 Å². The molecule has 0 aromatic carbocycles. The summed E-state index contributed by atoms with van der Waals surface area (Å²) in [6.45, 7) is 9.41. The summed E-state index contributed by atoms with van der Waals surface area (Å²) in [6.07, 6.45) is 4.84. The summed E-state index contributed by atoms with van der Waals surface area (Å²) < 4.78 is 5.38. The number of hydrazine groups is 1. The molecule has 2 aliphatic rings. The van der Waals surface area contributed by atoms with Crippen LogP contribution in [0, 0.1) is 11.3 Å². The maximum absolute atomic E-state index is 12.8. The van der Waals surface area contributed by atoms with Crippen LogP contribution in [0.1, 0.15) is 57.7 Å². The van der Waals surface area contributed by atoms with Crippen LogP contribution >= 0.6 is 11.3 Å². The summed E-state index contributed by atoms with van der Waals surface area (Å²) in [4.78, 5) is 33.8. The summed E-state index contributed by atoms with van der Waals surface area (Å²) in [5.74, 6) is 0.570. The molecule has 1 fully saturated rings. The molecule has 2 amide bonds. The van der Waals surface area contributed by atoms with E-state index < -0.39 is 0 Å². The first-order valence-corrected chi connectivity index (χ1v) is 11.6. The molecule has 1 atom stereocenters. The minimum Gasteiger partial charge on any atom is -0.378 e. The molecular formula is C23H30N4O3S. The van der Waals surface area contributed by atoms with Gasteiger partial charge >= 0.3 is 0 Å². The van der Waals surface area contributed by atoms with Gasteiger partial charge in [0.2, 0.25) is 0 Å². The number of morpholine rings is 1. The maximum Gasteiger partial charge on any atom is 0.279 e. The van der Waals surface area contributed by atoms with Gasteiger partial charge in [-0.25, -0.2) is 4.98 Å². The Balaban J connectivity index is 1.40. The molecule has 31 heavy (non-hydrogen) atoms. The lowest BCUT2D eigenvalue weighted by molar-refractivity contribution is 0.0848. The topological polar surface area (TPSA) is 83.6 Å². The summed E-state index contributed by atoms with van der Waals surface area (Å²) in [5, 5.41) is 0. The summed E-state index contributed by atoms with van der Waals surface area (Å²) in [6, 6.07) is 5.43. The van der Waals surface area contributed by atoms with Crippen molar-refractivity contribution >= 4 is 29.0 Å². The molecule has 8 heteroatoms. The van der Waals surface area contributed by atoms with Crippen LogP contribution in [0.4, 0.5) is 5.82 Å². The number of aryl methyl sites for hydroxylation is 1. The van der Waals surface area contributed by atoms with E-state index in [2.05, 4.69) is 36.6 Å². The van der Waals surface area contributed by atoms with Gasteiger partial charge in [0, 0.05) is 24.2 Å². The van der Waals surface area contributed by atoms with Crippen LogP contribution in [-0.4, -0.2) is 43.1 Å². The molecule has 0 spiro atoms. The lowest BCUT2D eigenvalue weighted by atomic mass is 9.72. The number of amides is 2. The number of pyridine rings is 1. The third-order valence-electron chi connectivity index (χ3n) is 6.16. The SMILES string of the molecule is CC(C)(C)C1CCc2sc(C(=O)NNC(=O)c3cccnc3N3CCOCC3)cc2C1. The molecule has 1 saturated heterocycles. The van der Waals surface area contributed by atoms with Gasteiger partial charge in [-0.15, -0.1) is 11.3 Å². The average Bonchev–Trinajstić information content (AvgIpc) is 3.21. The molecule has 2 aromatic rings. The first-order valence-electron chi connectivity index (χ1n) is 10.8. The second-order valence-electron chi connectivity index (χ2n) is 9.25. The highest BCUT2D eigenvalue weighted by molar-refractivity contribution is 7.14. The average molecular weight is 443 g/mol. The zero-order chi connectivity index (χ0) is 22.0. The van der Waals surface area contributed by atoms with Crippen LogP contribution < -0.4 is 15.8 Å². The Morgan fingerprint density at radius 3 is 2.68 bits per heavy atom. The number of ether oxygens (including phenoxy) is 1. The van der Waals surface area contributed by atoms with Crippen molar-refractivity contribution in [1.82, 2.24) is 15.8 Å². The lowest BCUT2D eigenvalue weighted by Crippen LogP contribution is -2.43. The number of fused-ring (bicyclic) bond motifs is 1. The molecule has 2 N–H and O–H groups in total. The molecule has 0 radical (unpaired) electrons. The Hall–Kier alpha value is -2.45. The van der Waals surface area contributed by atoms with E-state index in [1.807, 2.05) is 11.0 Å². The highest BCUT2D eigenvalue weighted by Gasteiger charge is 2.30. The smallest absolute Gasteiger partial charge is 0.279 e. The standard InChI is InChI=1S/C23H30N4O3S/c1-23(2,3)16-6-7-18-15(13-16)14-19(31-18)22(29)26-25-21(28)17-5-4-8-24-20(17)27-9-11-30-12-10-27/h4-5,8,14,16H,6-7,9-13H2,1-3H3,(H,25,28)(H,26,29). The van der Waals surface area contributed by atoms with Crippen LogP contribution in [0.5, 0.6) is 0 Å². The molecule has 166 valence electrons. The Morgan fingerprint density at radius 2 is 1.94 bits per heavy atom. The van der Waals surface area contributed by atoms with E-state index in [1.54, 1.807) is 18.3 Å². The third kappa shape index (κ3) is 4.91. The van der Waals surface area contributed by atoms with Gasteiger partial charge in [-0.1, -0.05) is 20.8 Å². The molecule has 0 saturated carbocycles. The fraction of sp³-hybridized carbons (Fsp3) is 0.522. The summed E-state index contributed by atoms with van der Waals surface area (Å²) in [5.41, 5.74) is 7.11. The van der Waals surface area contributed by atoms with Crippen LogP contribution in [-0.2, 0) is 17.6 Å². The van der Waals surface area contributed by atoms with Crippen LogP contribution in [0.15, 0.2) is 24.4 Å². The van der Waals surface area contributed by atoms with Gasteiger partial charge in [0.15, 0.2) is 0 Å². The maximum atomic E-state index is 12.8. The van der Waals surface area contributed by atoms with Crippen molar-refractivity contribution < 1.29 is 14.3 Å². The number of aromatic nitrogens is 1. The van der Waals surface area contributed by atoms with Gasteiger partial charge in [0.1, 0.15) is 5.82 Å². The predicted octanol–water partition coefficient (Wildman–Crippen LogP) is 3.21. The zero-order valence-electron chi connectivity index (χ0n) is 18.4. The largest absolute Gasteiger partial charge is 0.378 e. The monoisotopic (exact) mass is 442 g/mol. The van der Waals surface area contributed by atoms with E-state index in [9.17, 15) is 9.59 Å². The van der Waals surface area contributed by atoms with Crippen molar-refractivity contribution in [2.75, 3.05) is 31.2 Å². The molecular weight excluding hydrogens is 412 g/mol. The Morgan fingerprint density at radius 1 is 1.19 bits per heavy atom. The first kappa shape index (κ1) is 21.8. The normalized spacial score (nSPS) is 18.9.